The molecule has 0 aliphatic carbocycles. The lowest BCUT2D eigenvalue weighted by molar-refractivity contribution is 0.0541. The summed E-state index contributed by atoms with van der Waals surface area (Å²) in [5, 5.41) is 9.72. The quantitative estimate of drug-likeness (QED) is 0.261. The SMILES string of the molecule is CC.CC.CC(C)(C)CC(CCCCC(C)(C)C(C)(C)CC(C#N)C(C)(C)C)c1ccccc1.CCCC. The molecule has 0 heterocycles. The van der Waals surface area contributed by atoms with Gasteiger partial charge in [-0.2, -0.15) is 5.26 Å². The van der Waals surface area contributed by atoms with Crippen molar-refractivity contribution in [2.45, 2.75) is 168 Å². The van der Waals surface area contributed by atoms with Crippen LogP contribution in [0.4, 0.5) is 0 Å². The van der Waals surface area contributed by atoms with Gasteiger partial charge in [-0.1, -0.05) is 167 Å². The first-order chi connectivity index (χ1) is 17.5. The van der Waals surface area contributed by atoms with Gasteiger partial charge < -0.3 is 0 Å². The third kappa shape index (κ3) is 18.1. The molecule has 224 valence electrons. The van der Waals surface area contributed by atoms with Crippen LogP contribution in [-0.2, 0) is 0 Å². The molecule has 2 atom stereocenters. The Bertz CT molecular complexity index is 689. The first-order valence-electron chi connectivity index (χ1n) is 15.9. The van der Waals surface area contributed by atoms with Crippen LogP contribution < -0.4 is 0 Å². The lowest BCUT2D eigenvalue weighted by atomic mass is 9.59. The average molecular weight is 530 g/mol. The summed E-state index contributed by atoms with van der Waals surface area (Å²) in [6.07, 6.45) is 9.87. The average Bonchev–Trinajstić information content (AvgIpc) is 2.86. The third-order valence-electron chi connectivity index (χ3n) is 7.98. The van der Waals surface area contributed by atoms with E-state index in [0.29, 0.717) is 11.3 Å². The number of nitriles is 1. The van der Waals surface area contributed by atoms with Crippen molar-refractivity contribution in [2.75, 3.05) is 0 Å². The van der Waals surface area contributed by atoms with Crippen LogP contribution in [0.5, 0.6) is 0 Å². The van der Waals surface area contributed by atoms with Crippen molar-refractivity contribution in [3.63, 3.8) is 0 Å². The number of benzene rings is 1. The highest BCUT2D eigenvalue weighted by atomic mass is 14.5. The summed E-state index contributed by atoms with van der Waals surface area (Å²) >= 11 is 0. The zero-order valence-electron chi connectivity index (χ0n) is 29.1. The maximum atomic E-state index is 9.72. The monoisotopic (exact) mass is 530 g/mol. The summed E-state index contributed by atoms with van der Waals surface area (Å²) in [4.78, 5) is 0. The standard InChI is InChI=1S/C29H49N.C4H10.2C2H6/c1-26(2,3)20-24(23-16-12-11-13-17-23)18-14-15-19-28(7,8)29(9,10)21-25(22-30)27(4,5)6;1-3-4-2;2*1-2/h11-13,16-17,24-25H,14-15,18-21H2,1-10H3;3-4H2,1-2H3;2*1-2H3. The Labute approximate surface area is 242 Å². The molecule has 1 heteroatoms. The summed E-state index contributed by atoms with van der Waals surface area (Å²) in [5.41, 5.74) is 2.25. The molecule has 0 fully saturated rings. The van der Waals surface area contributed by atoms with E-state index in [9.17, 15) is 5.26 Å². The van der Waals surface area contributed by atoms with Crippen LogP contribution in [0.3, 0.4) is 0 Å². The van der Waals surface area contributed by atoms with E-state index in [4.69, 9.17) is 0 Å². The Balaban J connectivity index is -0.00000136. The fourth-order valence-corrected chi connectivity index (χ4v) is 4.48. The van der Waals surface area contributed by atoms with Crippen LogP contribution in [0.2, 0.25) is 0 Å². The molecule has 2 unspecified atom stereocenters. The van der Waals surface area contributed by atoms with Crippen molar-refractivity contribution in [1.82, 2.24) is 0 Å². The fourth-order valence-electron chi connectivity index (χ4n) is 4.48. The van der Waals surface area contributed by atoms with Crippen LogP contribution in [0.1, 0.15) is 174 Å². The molecule has 1 aromatic rings. The normalized spacial score (nSPS) is 13.3. The van der Waals surface area contributed by atoms with Gasteiger partial charge in [-0.25, -0.2) is 0 Å². The number of rotatable bonds is 11. The van der Waals surface area contributed by atoms with Crippen LogP contribution in [0.15, 0.2) is 30.3 Å². The lowest BCUT2D eigenvalue weighted by Crippen LogP contribution is -2.36. The molecule has 1 aromatic carbocycles. The summed E-state index contributed by atoms with van der Waals surface area (Å²) < 4.78 is 0. The highest BCUT2D eigenvalue weighted by Crippen LogP contribution is 2.49. The second-order valence-corrected chi connectivity index (χ2v) is 14.1. The maximum absolute atomic E-state index is 9.72. The van der Waals surface area contributed by atoms with Gasteiger partial charge in [-0.05, 0) is 58.8 Å². The second kappa shape index (κ2) is 20.6. The second-order valence-electron chi connectivity index (χ2n) is 14.1. The van der Waals surface area contributed by atoms with E-state index >= 15 is 0 Å². The topological polar surface area (TPSA) is 23.8 Å². The minimum absolute atomic E-state index is 0.0396. The van der Waals surface area contributed by atoms with Gasteiger partial charge in [0.15, 0.2) is 0 Å². The maximum Gasteiger partial charge on any atom is 0.0661 e. The van der Waals surface area contributed by atoms with Gasteiger partial charge >= 0.3 is 0 Å². The van der Waals surface area contributed by atoms with Gasteiger partial charge in [-0.3, -0.25) is 0 Å². The molecule has 0 N–H and O–H groups in total. The van der Waals surface area contributed by atoms with Crippen molar-refractivity contribution in [3.05, 3.63) is 35.9 Å². The van der Waals surface area contributed by atoms with Gasteiger partial charge in [0.05, 0.1) is 12.0 Å². The Morgan fingerprint density at radius 2 is 1.16 bits per heavy atom. The van der Waals surface area contributed by atoms with Gasteiger partial charge in [0.1, 0.15) is 0 Å². The van der Waals surface area contributed by atoms with Crippen molar-refractivity contribution >= 4 is 0 Å². The van der Waals surface area contributed by atoms with Gasteiger partial charge in [0.25, 0.3) is 0 Å². The Kier molecular flexibility index (Phi) is 22.3. The number of hydrogen-bond donors (Lipinski definition) is 0. The molecule has 0 saturated heterocycles. The van der Waals surface area contributed by atoms with Crippen molar-refractivity contribution in [2.24, 2.45) is 27.6 Å². The molecule has 1 rings (SSSR count). The first-order valence-corrected chi connectivity index (χ1v) is 15.9. The zero-order chi connectivity index (χ0) is 30.6. The number of unbranched alkanes of at least 4 members (excludes halogenated alkanes) is 2. The predicted molar refractivity (Wildman–Crippen MR) is 176 cm³/mol. The summed E-state index contributed by atoms with van der Waals surface area (Å²) in [7, 11) is 0. The van der Waals surface area contributed by atoms with E-state index in [1.807, 2.05) is 27.7 Å². The highest BCUT2D eigenvalue weighted by molar-refractivity contribution is 5.19. The van der Waals surface area contributed by atoms with Crippen LogP contribution in [0, 0.1) is 38.9 Å². The van der Waals surface area contributed by atoms with Crippen molar-refractivity contribution < 1.29 is 0 Å². The zero-order valence-corrected chi connectivity index (χ0v) is 29.1. The molecule has 0 radical (unpaired) electrons. The smallest absolute Gasteiger partial charge is 0.0661 e. The Morgan fingerprint density at radius 1 is 0.684 bits per heavy atom. The van der Waals surface area contributed by atoms with Crippen LogP contribution in [0.25, 0.3) is 0 Å². The molecule has 0 saturated carbocycles. The molecule has 0 aliphatic heterocycles. The molecule has 0 aliphatic rings. The van der Waals surface area contributed by atoms with E-state index in [1.54, 1.807) is 0 Å². The third-order valence-corrected chi connectivity index (χ3v) is 7.98. The van der Waals surface area contributed by atoms with Gasteiger partial charge in [-0.15, -0.1) is 0 Å². The minimum Gasteiger partial charge on any atom is -0.198 e. The lowest BCUT2D eigenvalue weighted by Gasteiger charge is -2.45. The summed E-state index contributed by atoms with van der Waals surface area (Å²) in [6, 6.07) is 13.7. The first kappa shape index (κ1) is 41.2. The van der Waals surface area contributed by atoms with E-state index in [0.717, 1.165) is 6.42 Å². The fraction of sp³-hybridized carbons (Fsp3) is 0.811. The molecule has 1 nitrogen and oxygen atoms in total. The summed E-state index contributed by atoms with van der Waals surface area (Å²) in [5.74, 6) is 0.743. The minimum atomic E-state index is 0.0396. The van der Waals surface area contributed by atoms with Crippen molar-refractivity contribution in [1.29, 1.82) is 5.26 Å². The number of hydrogen-bond acceptors (Lipinski definition) is 1. The van der Waals surface area contributed by atoms with Gasteiger partial charge in [0.2, 0.25) is 0 Å². The van der Waals surface area contributed by atoms with E-state index in [1.165, 1.54) is 50.5 Å². The van der Waals surface area contributed by atoms with Crippen LogP contribution in [-0.4, -0.2) is 0 Å². The Morgan fingerprint density at radius 3 is 1.53 bits per heavy atom. The van der Waals surface area contributed by atoms with Gasteiger partial charge in [0, 0.05) is 0 Å². The Hall–Kier alpha value is -1.29. The van der Waals surface area contributed by atoms with E-state index < -0.39 is 0 Å². The molecule has 0 amide bonds. The van der Waals surface area contributed by atoms with E-state index in [2.05, 4.69) is 119 Å². The molecule has 0 spiro atoms. The molecule has 38 heavy (non-hydrogen) atoms. The van der Waals surface area contributed by atoms with E-state index in [-0.39, 0.29) is 22.2 Å². The largest absolute Gasteiger partial charge is 0.198 e. The number of nitrogens with zero attached hydrogens (tertiary/aromatic N) is 1. The van der Waals surface area contributed by atoms with Crippen LogP contribution >= 0.6 is 0 Å². The highest BCUT2D eigenvalue weighted by Gasteiger charge is 2.40. The molecular weight excluding hydrogens is 458 g/mol. The van der Waals surface area contributed by atoms with Crippen molar-refractivity contribution in [3.8, 4) is 6.07 Å². The predicted octanol–water partition coefficient (Wildman–Crippen LogP) is 13.3. The summed E-state index contributed by atoms with van der Waals surface area (Å²) in [6.45, 7) is 35.6. The molecule has 0 bridgehead atoms. The molecular formula is C37H71N. The molecule has 0 aromatic heterocycles.